The van der Waals surface area contributed by atoms with Crippen molar-refractivity contribution in [2.75, 3.05) is 6.54 Å². The number of nitrogens with one attached hydrogen (secondary N) is 2. The molecule has 0 amide bonds. The molecule has 2 N–H and O–H groups in total. The van der Waals surface area contributed by atoms with E-state index in [1.165, 1.54) is 0 Å². The molecule has 3 rings (SSSR count). The van der Waals surface area contributed by atoms with E-state index in [1.807, 2.05) is 0 Å². The Labute approximate surface area is 136 Å². The van der Waals surface area contributed by atoms with E-state index in [0.29, 0.717) is 5.56 Å². The number of benzene rings is 1. The Morgan fingerprint density at radius 3 is 2.74 bits per heavy atom. The summed E-state index contributed by atoms with van der Waals surface area (Å²) in [7, 11) is -3.74. The zero-order valence-corrected chi connectivity index (χ0v) is 13.4. The van der Waals surface area contributed by atoms with Gasteiger partial charge in [0.2, 0.25) is 11.7 Å². The first kappa shape index (κ1) is 15.6. The van der Waals surface area contributed by atoms with E-state index in [9.17, 15) is 13.2 Å². The molecular weight excluding hydrogens is 340 g/mol. The van der Waals surface area contributed by atoms with Gasteiger partial charge in [-0.25, -0.2) is 13.5 Å². The summed E-state index contributed by atoms with van der Waals surface area (Å²) in [5.41, 5.74) is 2.92. The maximum absolute atomic E-state index is 12.5. The molecule has 10 heteroatoms. The van der Waals surface area contributed by atoms with E-state index in [0.717, 1.165) is 0 Å². The van der Waals surface area contributed by atoms with Crippen LogP contribution in [0.3, 0.4) is 0 Å². The largest absolute Gasteiger partial charge is 0.413 e. The SMILES string of the molecule is O=C(C1=NNCC1S(=O)(=O)Cc1n[nH]c(=S)o1)c1ccccc1. The van der Waals surface area contributed by atoms with E-state index in [1.54, 1.807) is 30.3 Å². The monoisotopic (exact) mass is 352 g/mol. The minimum absolute atomic E-state index is 0.00556. The summed E-state index contributed by atoms with van der Waals surface area (Å²) in [5.74, 6) is -0.936. The van der Waals surface area contributed by atoms with Crippen LogP contribution < -0.4 is 5.43 Å². The Kier molecular flexibility index (Phi) is 4.09. The summed E-state index contributed by atoms with van der Waals surface area (Å²) in [5, 5.41) is 8.85. The van der Waals surface area contributed by atoms with Crippen molar-refractivity contribution in [2.24, 2.45) is 5.10 Å². The summed E-state index contributed by atoms with van der Waals surface area (Å²) in [6, 6.07) is 8.39. The molecule has 8 nitrogen and oxygen atoms in total. The Balaban J connectivity index is 1.86. The number of rotatable bonds is 5. The van der Waals surface area contributed by atoms with Gasteiger partial charge in [0, 0.05) is 5.56 Å². The molecule has 1 aliphatic heterocycles. The highest BCUT2D eigenvalue weighted by atomic mass is 32.2. The van der Waals surface area contributed by atoms with E-state index in [4.69, 9.17) is 16.6 Å². The summed E-state index contributed by atoms with van der Waals surface area (Å²) in [6.07, 6.45) is 0. The van der Waals surface area contributed by atoms with Crippen molar-refractivity contribution in [1.29, 1.82) is 0 Å². The topological polar surface area (TPSA) is 117 Å². The predicted molar refractivity (Wildman–Crippen MR) is 84.3 cm³/mol. The molecular formula is C13H12N4O4S2. The number of hydrogen-bond acceptors (Lipinski definition) is 8. The molecule has 23 heavy (non-hydrogen) atoms. The Hall–Kier alpha value is -2.33. The molecule has 120 valence electrons. The molecule has 2 aromatic rings. The smallest absolute Gasteiger partial charge is 0.284 e. The molecule has 1 unspecified atom stereocenters. The third-order valence-electron chi connectivity index (χ3n) is 3.29. The molecule has 1 aromatic carbocycles. The first-order valence-corrected chi connectivity index (χ1v) is 8.76. The van der Waals surface area contributed by atoms with Crippen molar-refractivity contribution in [3.8, 4) is 0 Å². The number of hydrazone groups is 1. The maximum atomic E-state index is 12.5. The lowest BCUT2D eigenvalue weighted by Crippen LogP contribution is -2.36. The van der Waals surface area contributed by atoms with Crippen LogP contribution in [0.15, 0.2) is 39.9 Å². The molecule has 0 radical (unpaired) electrons. The molecule has 0 saturated heterocycles. The first-order valence-electron chi connectivity index (χ1n) is 6.63. The van der Waals surface area contributed by atoms with Crippen LogP contribution in [0.25, 0.3) is 0 Å². The van der Waals surface area contributed by atoms with Crippen molar-refractivity contribution < 1.29 is 17.6 Å². The third-order valence-corrected chi connectivity index (χ3v) is 5.37. The zero-order valence-electron chi connectivity index (χ0n) is 11.7. The summed E-state index contributed by atoms with van der Waals surface area (Å²) >= 11 is 4.72. The van der Waals surface area contributed by atoms with Gasteiger partial charge in [0.25, 0.3) is 4.84 Å². The lowest BCUT2D eigenvalue weighted by Gasteiger charge is -2.11. The lowest BCUT2D eigenvalue weighted by atomic mass is 10.1. The Morgan fingerprint density at radius 2 is 2.09 bits per heavy atom. The van der Waals surface area contributed by atoms with Gasteiger partial charge >= 0.3 is 0 Å². The van der Waals surface area contributed by atoms with Crippen LogP contribution in [-0.2, 0) is 15.6 Å². The third kappa shape index (κ3) is 3.22. The van der Waals surface area contributed by atoms with E-state index in [-0.39, 0.29) is 23.0 Å². The minimum Gasteiger partial charge on any atom is -0.413 e. The van der Waals surface area contributed by atoms with Crippen molar-refractivity contribution in [2.45, 2.75) is 11.0 Å². The fraction of sp³-hybridized carbons (Fsp3) is 0.231. The Morgan fingerprint density at radius 1 is 1.35 bits per heavy atom. The first-order chi connectivity index (χ1) is 11.0. The number of nitrogens with zero attached hydrogens (tertiary/aromatic N) is 2. The summed E-state index contributed by atoms with van der Waals surface area (Å²) in [4.78, 5) is 12.5. The summed E-state index contributed by atoms with van der Waals surface area (Å²) < 4.78 is 30.1. The molecule has 0 fully saturated rings. The fourth-order valence-electron chi connectivity index (χ4n) is 2.21. The number of hydrogen-bond donors (Lipinski definition) is 2. The maximum Gasteiger partial charge on any atom is 0.284 e. The van der Waals surface area contributed by atoms with Crippen LogP contribution >= 0.6 is 12.2 Å². The molecule has 2 heterocycles. The van der Waals surface area contributed by atoms with Crippen LogP contribution in [-0.4, -0.2) is 41.9 Å². The second-order valence-corrected chi connectivity index (χ2v) is 7.41. The van der Waals surface area contributed by atoms with Gasteiger partial charge in [-0.05, 0) is 12.2 Å². The fourth-order valence-corrected chi connectivity index (χ4v) is 3.85. The van der Waals surface area contributed by atoms with Gasteiger partial charge in [-0.2, -0.15) is 5.10 Å². The number of Topliss-reactive ketones (excluding diaryl/α,β-unsaturated/α-hetero) is 1. The molecule has 0 bridgehead atoms. The van der Waals surface area contributed by atoms with Crippen LogP contribution in [0, 0.1) is 4.84 Å². The Bertz CT molecular complexity index is 915. The number of sulfone groups is 1. The highest BCUT2D eigenvalue weighted by Gasteiger charge is 2.38. The molecule has 1 atom stereocenters. The number of aromatic amines is 1. The predicted octanol–water partition coefficient (Wildman–Crippen LogP) is 0.858. The quantitative estimate of drug-likeness (QED) is 0.605. The zero-order chi connectivity index (χ0) is 16.4. The molecule has 1 aromatic heterocycles. The van der Waals surface area contributed by atoms with Crippen molar-refractivity contribution in [1.82, 2.24) is 15.6 Å². The molecule has 0 saturated carbocycles. The van der Waals surface area contributed by atoms with Crippen molar-refractivity contribution >= 4 is 33.6 Å². The van der Waals surface area contributed by atoms with Gasteiger partial charge in [0.05, 0.1) is 6.54 Å². The van der Waals surface area contributed by atoms with Gasteiger partial charge in [-0.15, -0.1) is 5.10 Å². The molecule has 0 aliphatic carbocycles. The van der Waals surface area contributed by atoms with E-state index < -0.39 is 26.6 Å². The summed E-state index contributed by atoms with van der Waals surface area (Å²) in [6.45, 7) is 0.0292. The number of carbonyl (C=O) groups excluding carboxylic acids is 1. The second-order valence-electron chi connectivity index (χ2n) is 4.86. The van der Waals surface area contributed by atoms with Gasteiger partial charge in [-0.3, -0.25) is 4.79 Å². The number of H-pyrrole nitrogens is 1. The molecule has 0 spiro atoms. The number of ketones is 1. The highest BCUT2D eigenvalue weighted by molar-refractivity contribution is 7.92. The van der Waals surface area contributed by atoms with Crippen LogP contribution in [0.1, 0.15) is 16.2 Å². The highest BCUT2D eigenvalue weighted by Crippen LogP contribution is 2.17. The lowest BCUT2D eigenvalue weighted by molar-refractivity contribution is 0.106. The molecule has 1 aliphatic rings. The average molecular weight is 352 g/mol. The minimum atomic E-state index is -3.74. The normalized spacial score (nSPS) is 17.6. The van der Waals surface area contributed by atoms with Crippen LogP contribution in [0.2, 0.25) is 0 Å². The van der Waals surface area contributed by atoms with Crippen LogP contribution in [0.5, 0.6) is 0 Å². The number of aromatic nitrogens is 2. The van der Waals surface area contributed by atoms with Gasteiger partial charge < -0.3 is 9.84 Å². The second kappa shape index (κ2) is 6.05. The standard InChI is InChI=1S/C13H12N4O4S2/c18-12(8-4-2-1-3-5-8)11-9(6-14-16-11)23(19,20)7-10-15-17-13(22)21-10/h1-5,9,14H,6-7H2,(H,17,22). The van der Waals surface area contributed by atoms with E-state index in [2.05, 4.69) is 20.7 Å². The van der Waals surface area contributed by atoms with Gasteiger partial charge in [0.15, 0.2) is 9.84 Å². The van der Waals surface area contributed by atoms with Gasteiger partial charge in [0.1, 0.15) is 16.7 Å². The number of carbonyl (C=O) groups is 1. The van der Waals surface area contributed by atoms with Crippen LogP contribution in [0.4, 0.5) is 0 Å². The van der Waals surface area contributed by atoms with Gasteiger partial charge in [-0.1, -0.05) is 30.3 Å². The average Bonchev–Trinajstić information content (AvgIpc) is 3.16. The van der Waals surface area contributed by atoms with E-state index >= 15 is 0 Å². The van der Waals surface area contributed by atoms with Crippen molar-refractivity contribution in [3.63, 3.8) is 0 Å². The van der Waals surface area contributed by atoms with Crippen molar-refractivity contribution in [3.05, 3.63) is 46.6 Å².